The van der Waals surface area contributed by atoms with Crippen LogP contribution in [0.4, 0.5) is 4.39 Å². The average Bonchev–Trinajstić information content (AvgIpc) is 2.33. The number of methoxy groups -OCH3 is 1. The fourth-order valence-electron chi connectivity index (χ4n) is 1.33. The molecule has 98 valence electrons. The van der Waals surface area contributed by atoms with E-state index in [9.17, 15) is 14.0 Å². The Hall–Kier alpha value is -1.62. The first-order chi connectivity index (χ1) is 8.45. The third-order valence-corrected chi connectivity index (χ3v) is 2.76. The van der Waals surface area contributed by atoms with Gasteiger partial charge < -0.3 is 9.64 Å². The van der Waals surface area contributed by atoms with Gasteiger partial charge in [0.05, 0.1) is 13.5 Å². The van der Waals surface area contributed by atoms with Gasteiger partial charge in [-0.2, -0.15) is 0 Å². The van der Waals surface area contributed by atoms with Gasteiger partial charge in [0.2, 0.25) is 5.91 Å². The standard InChI is InChI=1S/C12H13ClFNO3/c1-15(7-12(17)18-2)11(16)6-8-9(13)4-3-5-10(8)14/h3-5H,6-7H2,1-2H3. The van der Waals surface area contributed by atoms with Crippen molar-refractivity contribution in [1.29, 1.82) is 0 Å². The van der Waals surface area contributed by atoms with Crippen molar-refractivity contribution in [2.45, 2.75) is 6.42 Å². The van der Waals surface area contributed by atoms with Crippen LogP contribution in [0.3, 0.4) is 0 Å². The molecule has 1 amide bonds. The fourth-order valence-corrected chi connectivity index (χ4v) is 1.56. The Morgan fingerprint density at radius 1 is 1.44 bits per heavy atom. The summed E-state index contributed by atoms with van der Waals surface area (Å²) in [4.78, 5) is 23.9. The van der Waals surface area contributed by atoms with Crippen LogP contribution in [0, 0.1) is 5.82 Å². The van der Waals surface area contributed by atoms with Crippen molar-refractivity contribution in [3.05, 3.63) is 34.6 Å². The summed E-state index contributed by atoms with van der Waals surface area (Å²) < 4.78 is 17.9. The zero-order chi connectivity index (χ0) is 13.7. The molecule has 0 fully saturated rings. The number of nitrogens with zero attached hydrogens (tertiary/aromatic N) is 1. The number of carbonyl (C=O) groups excluding carboxylic acids is 2. The van der Waals surface area contributed by atoms with E-state index in [0.717, 1.165) is 4.90 Å². The second-order valence-corrected chi connectivity index (χ2v) is 4.11. The molecule has 4 nitrogen and oxygen atoms in total. The first-order valence-corrected chi connectivity index (χ1v) is 5.57. The summed E-state index contributed by atoms with van der Waals surface area (Å²) in [5.74, 6) is -1.49. The monoisotopic (exact) mass is 273 g/mol. The first kappa shape index (κ1) is 14.4. The molecule has 0 bridgehead atoms. The molecule has 1 rings (SSSR count). The fraction of sp³-hybridized carbons (Fsp3) is 0.333. The molecule has 0 aromatic heterocycles. The van der Waals surface area contributed by atoms with Crippen LogP contribution < -0.4 is 0 Å². The molecule has 0 saturated carbocycles. The Kier molecular flexibility index (Phi) is 5.09. The Morgan fingerprint density at radius 2 is 2.11 bits per heavy atom. The maximum Gasteiger partial charge on any atom is 0.325 e. The van der Waals surface area contributed by atoms with Gasteiger partial charge in [-0.25, -0.2) is 4.39 Å². The minimum atomic E-state index is -0.540. The van der Waals surface area contributed by atoms with Crippen molar-refractivity contribution in [3.63, 3.8) is 0 Å². The van der Waals surface area contributed by atoms with E-state index in [-0.39, 0.29) is 23.6 Å². The molecule has 0 heterocycles. The third-order valence-electron chi connectivity index (χ3n) is 2.41. The highest BCUT2D eigenvalue weighted by Gasteiger charge is 2.17. The van der Waals surface area contributed by atoms with Gasteiger partial charge >= 0.3 is 5.97 Å². The number of likely N-dealkylation sites (N-methyl/N-ethyl adjacent to an activating group) is 1. The first-order valence-electron chi connectivity index (χ1n) is 5.19. The molecule has 0 radical (unpaired) electrons. The lowest BCUT2D eigenvalue weighted by Crippen LogP contribution is -2.33. The molecule has 0 unspecified atom stereocenters. The Labute approximate surface area is 109 Å². The Morgan fingerprint density at radius 3 is 2.67 bits per heavy atom. The molecule has 0 aliphatic heterocycles. The maximum absolute atomic E-state index is 13.5. The lowest BCUT2D eigenvalue weighted by atomic mass is 10.1. The number of hydrogen-bond acceptors (Lipinski definition) is 3. The van der Waals surface area contributed by atoms with Crippen LogP contribution in [0.1, 0.15) is 5.56 Å². The van der Waals surface area contributed by atoms with Crippen LogP contribution >= 0.6 is 11.6 Å². The lowest BCUT2D eigenvalue weighted by Gasteiger charge is -2.16. The molecular formula is C12H13ClFNO3. The normalized spacial score (nSPS) is 10.0. The Balaban J connectivity index is 2.73. The van der Waals surface area contributed by atoms with Crippen molar-refractivity contribution >= 4 is 23.5 Å². The topological polar surface area (TPSA) is 46.6 Å². The van der Waals surface area contributed by atoms with E-state index in [1.165, 1.54) is 32.4 Å². The highest BCUT2D eigenvalue weighted by atomic mass is 35.5. The van der Waals surface area contributed by atoms with Crippen LogP contribution in [0.2, 0.25) is 5.02 Å². The van der Waals surface area contributed by atoms with Gasteiger partial charge in [0.1, 0.15) is 12.4 Å². The number of hydrogen-bond donors (Lipinski definition) is 0. The molecule has 18 heavy (non-hydrogen) atoms. The molecule has 0 N–H and O–H groups in total. The molecule has 0 aliphatic carbocycles. The number of benzene rings is 1. The zero-order valence-electron chi connectivity index (χ0n) is 10.1. The summed E-state index contributed by atoms with van der Waals surface area (Å²) in [5, 5.41) is 0.190. The summed E-state index contributed by atoms with van der Waals surface area (Å²) in [7, 11) is 2.67. The van der Waals surface area contributed by atoms with E-state index in [0.29, 0.717) is 0 Å². The zero-order valence-corrected chi connectivity index (χ0v) is 10.8. The molecule has 1 aromatic carbocycles. The number of ether oxygens (including phenoxy) is 1. The number of rotatable bonds is 4. The van der Waals surface area contributed by atoms with Gasteiger partial charge in [-0.05, 0) is 12.1 Å². The summed E-state index contributed by atoms with van der Waals surface area (Å²) in [5.41, 5.74) is 0.126. The number of amides is 1. The summed E-state index contributed by atoms with van der Waals surface area (Å²) in [6.07, 6.45) is -0.195. The molecule has 0 saturated heterocycles. The number of halogens is 2. The molecule has 6 heteroatoms. The van der Waals surface area contributed by atoms with Crippen molar-refractivity contribution in [2.24, 2.45) is 0 Å². The van der Waals surface area contributed by atoms with Crippen LogP contribution in [-0.4, -0.2) is 37.5 Å². The van der Waals surface area contributed by atoms with Crippen LogP contribution in [0.5, 0.6) is 0 Å². The highest BCUT2D eigenvalue weighted by molar-refractivity contribution is 6.31. The SMILES string of the molecule is COC(=O)CN(C)C(=O)Cc1c(F)cccc1Cl. The van der Waals surface area contributed by atoms with Crippen LogP contribution in [0.15, 0.2) is 18.2 Å². The highest BCUT2D eigenvalue weighted by Crippen LogP contribution is 2.19. The largest absolute Gasteiger partial charge is 0.468 e. The Bertz CT molecular complexity index is 444. The van der Waals surface area contributed by atoms with E-state index >= 15 is 0 Å². The minimum absolute atomic E-state index is 0.126. The van der Waals surface area contributed by atoms with E-state index in [4.69, 9.17) is 11.6 Å². The molecule has 0 atom stereocenters. The van der Waals surface area contributed by atoms with Gasteiger partial charge in [-0.1, -0.05) is 17.7 Å². The van der Waals surface area contributed by atoms with E-state index in [1.54, 1.807) is 0 Å². The quantitative estimate of drug-likeness (QED) is 0.784. The molecule has 0 aliphatic rings. The van der Waals surface area contributed by atoms with Crippen molar-refractivity contribution in [3.8, 4) is 0 Å². The van der Waals surface area contributed by atoms with Crippen molar-refractivity contribution in [1.82, 2.24) is 4.90 Å². The lowest BCUT2D eigenvalue weighted by molar-refractivity contribution is -0.145. The van der Waals surface area contributed by atoms with Gasteiger partial charge in [0.15, 0.2) is 0 Å². The molecular weight excluding hydrogens is 261 g/mol. The molecule has 0 spiro atoms. The summed E-state index contributed by atoms with van der Waals surface area (Å²) in [6, 6.07) is 4.20. The third kappa shape index (κ3) is 3.70. The smallest absolute Gasteiger partial charge is 0.325 e. The average molecular weight is 274 g/mol. The van der Waals surface area contributed by atoms with Crippen LogP contribution in [-0.2, 0) is 20.7 Å². The van der Waals surface area contributed by atoms with E-state index in [2.05, 4.69) is 4.74 Å². The predicted octanol–water partition coefficient (Wildman–Crippen LogP) is 1.65. The minimum Gasteiger partial charge on any atom is -0.468 e. The van der Waals surface area contributed by atoms with Crippen molar-refractivity contribution in [2.75, 3.05) is 20.7 Å². The van der Waals surface area contributed by atoms with Gasteiger partial charge in [-0.3, -0.25) is 9.59 Å². The second kappa shape index (κ2) is 6.35. The summed E-state index contributed by atoms with van der Waals surface area (Å²) in [6.45, 7) is -0.179. The summed E-state index contributed by atoms with van der Waals surface area (Å²) >= 11 is 5.81. The number of esters is 1. The maximum atomic E-state index is 13.5. The predicted molar refractivity (Wildman–Crippen MR) is 64.8 cm³/mol. The molecule has 1 aromatic rings. The van der Waals surface area contributed by atoms with Gasteiger partial charge in [0.25, 0.3) is 0 Å². The second-order valence-electron chi connectivity index (χ2n) is 3.70. The van der Waals surface area contributed by atoms with Crippen molar-refractivity contribution < 1.29 is 18.7 Å². The van der Waals surface area contributed by atoms with Gasteiger partial charge in [0, 0.05) is 17.6 Å². The van der Waals surface area contributed by atoms with Gasteiger partial charge in [-0.15, -0.1) is 0 Å². The number of carbonyl (C=O) groups is 2. The van der Waals surface area contributed by atoms with E-state index < -0.39 is 17.7 Å². The van der Waals surface area contributed by atoms with E-state index in [1.807, 2.05) is 0 Å². The van der Waals surface area contributed by atoms with Crippen LogP contribution in [0.25, 0.3) is 0 Å².